The number of carbonyl (C=O) groups is 1. The number of hydrogen-bond donors (Lipinski definition) is 1. The summed E-state index contributed by atoms with van der Waals surface area (Å²) in [7, 11) is 0. The van der Waals surface area contributed by atoms with Crippen molar-refractivity contribution >= 4 is 5.97 Å². The molecule has 0 aliphatic rings. The zero-order chi connectivity index (χ0) is 37.4. The van der Waals surface area contributed by atoms with E-state index in [1.54, 1.807) is 6.42 Å². The van der Waals surface area contributed by atoms with Crippen LogP contribution in [-0.2, 0) is 4.79 Å². The molecule has 0 aromatic heterocycles. The number of carboxylic acids is 1. The van der Waals surface area contributed by atoms with Crippen molar-refractivity contribution in [3.8, 4) is 0 Å². The van der Waals surface area contributed by atoms with E-state index in [9.17, 15) is 4.79 Å². The first-order chi connectivity index (χ1) is 25.0. The average Bonchev–Trinajstić information content (AvgIpc) is 3.12. The van der Waals surface area contributed by atoms with Crippen LogP contribution < -0.4 is 0 Å². The predicted octanol–water partition coefficient (Wildman–Crippen LogP) is 18.1. The zero-order valence-corrected chi connectivity index (χ0v) is 36.1. The van der Waals surface area contributed by atoms with E-state index in [4.69, 9.17) is 5.11 Å². The third kappa shape index (κ3) is 36.2. The molecular formula is C49H98O2. The number of aliphatic carboxylic acids is 1. The van der Waals surface area contributed by atoms with Gasteiger partial charge in [-0.25, -0.2) is 0 Å². The fraction of sp³-hybridized carbons (Fsp3) is 0.980. The average molecular weight is 719 g/mol. The maximum absolute atomic E-state index is 10.8. The molecule has 0 spiro atoms. The van der Waals surface area contributed by atoms with Gasteiger partial charge in [-0.15, -0.1) is 0 Å². The minimum absolute atomic E-state index is 0.345. The Balaban J connectivity index is 5.43. The first-order valence-corrected chi connectivity index (χ1v) is 24.2. The number of unbranched alkanes of at least 4 members (excludes halogenated alkanes) is 30. The molecule has 1 N–H and O–H groups in total. The van der Waals surface area contributed by atoms with Gasteiger partial charge in [0.2, 0.25) is 0 Å². The van der Waals surface area contributed by atoms with Crippen LogP contribution in [-0.4, -0.2) is 11.1 Å². The molecule has 0 rings (SSSR count). The second kappa shape index (κ2) is 40.7. The van der Waals surface area contributed by atoms with E-state index < -0.39 is 5.97 Å². The first kappa shape index (κ1) is 50.5. The van der Waals surface area contributed by atoms with E-state index in [0.29, 0.717) is 11.8 Å². The smallest absolute Gasteiger partial charge is 0.303 e. The van der Waals surface area contributed by atoms with E-state index in [-0.39, 0.29) is 0 Å². The van der Waals surface area contributed by atoms with Gasteiger partial charge in [0.05, 0.1) is 0 Å². The molecule has 0 saturated carbocycles. The highest BCUT2D eigenvalue weighted by Crippen LogP contribution is 2.45. The lowest BCUT2D eigenvalue weighted by atomic mass is 9.67. The molecule has 0 saturated heterocycles. The lowest BCUT2D eigenvalue weighted by molar-refractivity contribution is -0.137. The van der Waals surface area contributed by atoms with Crippen molar-refractivity contribution in [1.29, 1.82) is 0 Å². The zero-order valence-electron chi connectivity index (χ0n) is 36.1. The van der Waals surface area contributed by atoms with Crippen molar-refractivity contribution < 1.29 is 9.90 Å². The Hall–Kier alpha value is -0.530. The minimum Gasteiger partial charge on any atom is -0.481 e. The molecule has 0 bridgehead atoms. The highest BCUT2D eigenvalue weighted by atomic mass is 16.4. The molecule has 0 aromatic rings. The quantitative estimate of drug-likeness (QED) is 0.0637. The predicted molar refractivity (Wildman–Crippen MR) is 230 cm³/mol. The van der Waals surface area contributed by atoms with Crippen LogP contribution in [0.2, 0.25) is 0 Å². The lowest BCUT2D eigenvalue weighted by Gasteiger charge is -2.38. The summed E-state index contributed by atoms with van der Waals surface area (Å²) in [6.45, 7) is 9.39. The van der Waals surface area contributed by atoms with Gasteiger partial charge in [0.15, 0.2) is 0 Å². The van der Waals surface area contributed by atoms with Crippen LogP contribution >= 0.6 is 0 Å². The normalized spacial score (nSPS) is 12.5. The van der Waals surface area contributed by atoms with Gasteiger partial charge in [0.25, 0.3) is 0 Å². The Kier molecular flexibility index (Phi) is 40.2. The Labute approximate surface area is 323 Å². The van der Waals surface area contributed by atoms with E-state index >= 15 is 0 Å². The summed E-state index contributed by atoms with van der Waals surface area (Å²) in [4.78, 5) is 10.8. The van der Waals surface area contributed by atoms with Gasteiger partial charge in [-0.2, -0.15) is 0 Å². The van der Waals surface area contributed by atoms with Crippen LogP contribution in [0.5, 0.6) is 0 Å². The molecule has 0 heterocycles. The number of hydrogen-bond acceptors (Lipinski definition) is 1. The van der Waals surface area contributed by atoms with Gasteiger partial charge < -0.3 is 5.11 Å². The van der Waals surface area contributed by atoms with Crippen molar-refractivity contribution in [2.75, 3.05) is 0 Å². The molecule has 51 heavy (non-hydrogen) atoms. The van der Waals surface area contributed by atoms with Gasteiger partial charge >= 0.3 is 5.97 Å². The Bertz CT molecular complexity index is 626. The summed E-state index contributed by atoms with van der Waals surface area (Å²) < 4.78 is 0. The molecule has 0 radical (unpaired) electrons. The molecule has 1 unspecified atom stereocenters. The number of rotatable bonds is 44. The Morgan fingerprint density at radius 3 is 0.922 bits per heavy atom. The van der Waals surface area contributed by atoms with Crippen LogP contribution in [0.15, 0.2) is 0 Å². The standard InChI is InChI=1S/C49H98O2/c1-5-9-13-17-25-31-37-43-49(44-38-32-26-18-14-10-6-2,45-39-33-27-19-15-11-7-3)46-47(40-34-28-16-12-8-4)41-35-29-23-21-20-22-24-30-36-42-48(50)51/h47H,5-46H2,1-4H3,(H,50,51). The fourth-order valence-corrected chi connectivity index (χ4v) is 9.00. The van der Waals surface area contributed by atoms with Crippen molar-refractivity contribution in [2.24, 2.45) is 11.3 Å². The van der Waals surface area contributed by atoms with Crippen LogP contribution in [0, 0.1) is 11.3 Å². The lowest BCUT2D eigenvalue weighted by Crippen LogP contribution is -2.25. The molecular weight excluding hydrogens is 621 g/mol. The fourth-order valence-electron chi connectivity index (χ4n) is 9.00. The van der Waals surface area contributed by atoms with Crippen LogP contribution in [0.1, 0.15) is 297 Å². The topological polar surface area (TPSA) is 37.3 Å². The minimum atomic E-state index is -0.639. The van der Waals surface area contributed by atoms with Crippen molar-refractivity contribution in [2.45, 2.75) is 297 Å². The van der Waals surface area contributed by atoms with Crippen molar-refractivity contribution in [3.63, 3.8) is 0 Å². The van der Waals surface area contributed by atoms with Crippen molar-refractivity contribution in [1.82, 2.24) is 0 Å². The SMILES string of the molecule is CCCCCCCCCC(CCCCCCCCC)(CCCCCCCCC)CC(CCCCCCC)CCCCCCCCCCCC(=O)O. The van der Waals surface area contributed by atoms with Crippen LogP contribution in [0.3, 0.4) is 0 Å². The molecule has 0 fully saturated rings. The molecule has 1 atom stereocenters. The van der Waals surface area contributed by atoms with Gasteiger partial charge in [-0.1, -0.05) is 259 Å². The van der Waals surface area contributed by atoms with Gasteiger partial charge in [0.1, 0.15) is 0 Å². The maximum Gasteiger partial charge on any atom is 0.303 e. The highest BCUT2D eigenvalue weighted by molar-refractivity contribution is 5.66. The summed E-state index contributed by atoms with van der Waals surface area (Å²) in [5.41, 5.74) is 0.602. The van der Waals surface area contributed by atoms with E-state index in [1.165, 1.54) is 244 Å². The molecule has 306 valence electrons. The van der Waals surface area contributed by atoms with Crippen LogP contribution in [0.4, 0.5) is 0 Å². The second-order valence-electron chi connectivity index (χ2n) is 17.5. The van der Waals surface area contributed by atoms with E-state index in [2.05, 4.69) is 27.7 Å². The van der Waals surface area contributed by atoms with Gasteiger partial charge in [-0.3, -0.25) is 4.79 Å². The summed E-state index contributed by atoms with van der Waals surface area (Å²) in [6, 6.07) is 0. The van der Waals surface area contributed by atoms with Crippen molar-refractivity contribution in [3.05, 3.63) is 0 Å². The van der Waals surface area contributed by atoms with E-state index in [0.717, 1.165) is 18.8 Å². The molecule has 0 aromatic carbocycles. The Morgan fingerprint density at radius 2 is 0.627 bits per heavy atom. The third-order valence-electron chi connectivity index (χ3n) is 12.4. The summed E-state index contributed by atoms with van der Waals surface area (Å²) in [5, 5.41) is 8.86. The van der Waals surface area contributed by atoms with Crippen LogP contribution in [0.25, 0.3) is 0 Å². The maximum atomic E-state index is 10.8. The first-order valence-electron chi connectivity index (χ1n) is 24.2. The monoisotopic (exact) mass is 719 g/mol. The number of carboxylic acid groups (broad SMARTS) is 1. The molecule has 0 amide bonds. The van der Waals surface area contributed by atoms with Gasteiger partial charge in [-0.05, 0) is 43.4 Å². The molecule has 0 aliphatic carbocycles. The molecule has 2 heteroatoms. The van der Waals surface area contributed by atoms with E-state index in [1.807, 2.05) is 0 Å². The van der Waals surface area contributed by atoms with Gasteiger partial charge in [0, 0.05) is 6.42 Å². The summed E-state index contributed by atoms with van der Waals surface area (Å²) in [5.74, 6) is 0.305. The summed E-state index contributed by atoms with van der Waals surface area (Å²) >= 11 is 0. The Morgan fingerprint density at radius 1 is 0.373 bits per heavy atom. The molecule has 0 aliphatic heterocycles. The highest BCUT2D eigenvalue weighted by Gasteiger charge is 2.31. The summed E-state index contributed by atoms with van der Waals surface area (Å²) in [6.07, 6.45) is 58.3. The molecule has 2 nitrogen and oxygen atoms in total. The largest absolute Gasteiger partial charge is 0.481 e. The second-order valence-corrected chi connectivity index (χ2v) is 17.5. The third-order valence-corrected chi connectivity index (χ3v) is 12.4.